The van der Waals surface area contributed by atoms with Crippen molar-refractivity contribution in [3.8, 4) is 0 Å². The first kappa shape index (κ1) is 17.9. The summed E-state index contributed by atoms with van der Waals surface area (Å²) in [4.78, 5) is -1.13. The third-order valence-corrected chi connectivity index (χ3v) is 3.83. The molecule has 0 saturated carbocycles. The minimum Gasteiger partial charge on any atom is -0.282 e. The minimum atomic E-state index is -4.84. The van der Waals surface area contributed by atoms with Gasteiger partial charge in [0.15, 0.2) is 0 Å². The maximum atomic E-state index is 12.2. The molecule has 0 aliphatic rings. The second-order valence-corrected chi connectivity index (χ2v) is 6.40. The van der Waals surface area contributed by atoms with E-state index in [-0.39, 0.29) is 0 Å². The number of alkyl halides is 3. The highest BCUT2D eigenvalue weighted by Crippen LogP contribution is 2.33. The Labute approximate surface area is 133 Å². The molecule has 0 aliphatic heterocycles. The minimum absolute atomic E-state index is 0.586. The quantitative estimate of drug-likeness (QED) is 0.544. The molecule has 0 fully saturated rings. The van der Waals surface area contributed by atoms with E-state index in [2.05, 4.69) is 34.7 Å². The van der Waals surface area contributed by atoms with Crippen molar-refractivity contribution in [2.75, 3.05) is 0 Å². The lowest BCUT2D eigenvalue weighted by Crippen LogP contribution is -2.12. The fourth-order valence-electron chi connectivity index (χ4n) is 1.34. The second-order valence-electron chi connectivity index (χ2n) is 3.76. The van der Waals surface area contributed by atoms with E-state index in [1.54, 1.807) is 0 Å². The standard InChI is InChI=1S/C7H5F3O3S.C6H5I/c8-7(9,10)5-3-1-2-4-6(5)14(11,12)13;7-6-4-2-1-3-5-6/h1-4H,(H,11,12,13);1-5H. The van der Waals surface area contributed by atoms with E-state index < -0.39 is 26.8 Å². The van der Waals surface area contributed by atoms with Crippen LogP contribution >= 0.6 is 22.6 Å². The molecule has 0 spiro atoms. The van der Waals surface area contributed by atoms with Gasteiger partial charge < -0.3 is 0 Å². The molecule has 0 radical (unpaired) electrons. The molecule has 0 aliphatic carbocycles. The summed E-state index contributed by atoms with van der Waals surface area (Å²) in [5, 5.41) is 0. The number of hydrogen-bond acceptors (Lipinski definition) is 2. The van der Waals surface area contributed by atoms with E-state index in [1.165, 1.54) is 3.57 Å². The highest BCUT2D eigenvalue weighted by molar-refractivity contribution is 14.1. The van der Waals surface area contributed by atoms with Gasteiger partial charge in [-0.3, -0.25) is 4.55 Å². The Morgan fingerprint density at radius 1 is 0.905 bits per heavy atom. The Balaban J connectivity index is 0.000000262. The van der Waals surface area contributed by atoms with Crippen LogP contribution in [-0.2, 0) is 16.3 Å². The average molecular weight is 430 g/mol. The van der Waals surface area contributed by atoms with E-state index in [0.29, 0.717) is 12.1 Å². The van der Waals surface area contributed by atoms with Crippen molar-refractivity contribution < 1.29 is 26.1 Å². The van der Waals surface area contributed by atoms with Crippen LogP contribution in [0.15, 0.2) is 59.5 Å². The second kappa shape index (κ2) is 7.23. The highest BCUT2D eigenvalue weighted by Gasteiger charge is 2.36. The number of hydrogen-bond donors (Lipinski definition) is 1. The smallest absolute Gasteiger partial charge is 0.282 e. The molecule has 0 unspecified atom stereocenters. The van der Waals surface area contributed by atoms with Crippen molar-refractivity contribution in [2.24, 2.45) is 0 Å². The Kier molecular flexibility index (Phi) is 6.17. The zero-order chi connectivity index (χ0) is 16.1. The lowest BCUT2D eigenvalue weighted by molar-refractivity contribution is -0.140. The van der Waals surface area contributed by atoms with Gasteiger partial charge in [0, 0.05) is 3.57 Å². The zero-order valence-electron chi connectivity index (χ0n) is 10.4. The molecule has 2 rings (SSSR count). The van der Waals surface area contributed by atoms with Crippen molar-refractivity contribution in [1.29, 1.82) is 0 Å². The van der Waals surface area contributed by atoms with Gasteiger partial charge in [-0.05, 0) is 46.9 Å². The van der Waals surface area contributed by atoms with E-state index in [4.69, 9.17) is 4.55 Å². The predicted molar refractivity (Wildman–Crippen MR) is 80.4 cm³/mol. The maximum absolute atomic E-state index is 12.2. The van der Waals surface area contributed by atoms with Crippen LogP contribution in [0.3, 0.4) is 0 Å². The Bertz CT molecular complexity index is 685. The first-order valence-electron chi connectivity index (χ1n) is 5.46. The van der Waals surface area contributed by atoms with Crippen LogP contribution in [0.25, 0.3) is 0 Å². The maximum Gasteiger partial charge on any atom is 0.417 e. The normalized spacial score (nSPS) is 11.5. The lowest BCUT2D eigenvalue weighted by Gasteiger charge is -2.09. The largest absolute Gasteiger partial charge is 0.417 e. The molecule has 1 N–H and O–H groups in total. The number of rotatable bonds is 1. The van der Waals surface area contributed by atoms with Crippen molar-refractivity contribution in [3.05, 3.63) is 63.7 Å². The molecule has 2 aromatic rings. The Morgan fingerprint density at radius 2 is 1.38 bits per heavy atom. The predicted octanol–water partition coefficient (Wildman–Crippen LogP) is 4.24. The van der Waals surface area contributed by atoms with Gasteiger partial charge in [-0.15, -0.1) is 0 Å². The van der Waals surface area contributed by atoms with Crippen molar-refractivity contribution >= 4 is 32.7 Å². The first-order valence-corrected chi connectivity index (χ1v) is 7.98. The van der Waals surface area contributed by atoms with Gasteiger partial charge >= 0.3 is 6.18 Å². The summed E-state index contributed by atoms with van der Waals surface area (Å²) in [7, 11) is -4.84. The van der Waals surface area contributed by atoms with Gasteiger partial charge in [-0.25, -0.2) is 0 Å². The van der Waals surface area contributed by atoms with Crippen LogP contribution in [0.4, 0.5) is 13.2 Å². The molecule has 8 heteroatoms. The van der Waals surface area contributed by atoms with E-state index in [0.717, 1.165) is 12.1 Å². The van der Waals surface area contributed by atoms with E-state index in [9.17, 15) is 21.6 Å². The zero-order valence-corrected chi connectivity index (χ0v) is 13.4. The molecule has 21 heavy (non-hydrogen) atoms. The van der Waals surface area contributed by atoms with Crippen molar-refractivity contribution in [3.63, 3.8) is 0 Å². The molecule has 0 aromatic heterocycles. The fraction of sp³-hybridized carbons (Fsp3) is 0.0769. The monoisotopic (exact) mass is 430 g/mol. The van der Waals surface area contributed by atoms with Crippen LogP contribution in [-0.4, -0.2) is 13.0 Å². The van der Waals surface area contributed by atoms with Crippen molar-refractivity contribution in [2.45, 2.75) is 11.1 Å². The van der Waals surface area contributed by atoms with Gasteiger partial charge in [-0.2, -0.15) is 21.6 Å². The van der Waals surface area contributed by atoms with Crippen LogP contribution < -0.4 is 0 Å². The molecule has 3 nitrogen and oxygen atoms in total. The summed E-state index contributed by atoms with van der Waals surface area (Å²) >= 11 is 2.28. The van der Waals surface area contributed by atoms with Crippen molar-refractivity contribution in [1.82, 2.24) is 0 Å². The first-order chi connectivity index (χ1) is 9.62. The number of halogens is 4. The van der Waals surface area contributed by atoms with Gasteiger partial charge in [0.2, 0.25) is 0 Å². The average Bonchev–Trinajstić information content (AvgIpc) is 2.38. The van der Waals surface area contributed by atoms with E-state index >= 15 is 0 Å². The molecule has 0 saturated heterocycles. The molecule has 0 heterocycles. The highest BCUT2D eigenvalue weighted by atomic mass is 127. The summed E-state index contributed by atoms with van der Waals surface area (Å²) in [5.74, 6) is 0. The SMILES string of the molecule is Ic1ccccc1.O=S(=O)(O)c1ccccc1C(F)(F)F. The molecule has 2 aromatic carbocycles. The molecule has 0 amide bonds. The molecule has 0 bridgehead atoms. The number of benzene rings is 2. The Hall–Kier alpha value is -1.13. The molecule has 0 atom stereocenters. The van der Waals surface area contributed by atoms with Crippen LogP contribution in [0, 0.1) is 3.57 Å². The van der Waals surface area contributed by atoms with Crippen LogP contribution in [0.5, 0.6) is 0 Å². The van der Waals surface area contributed by atoms with Gasteiger partial charge in [0.25, 0.3) is 10.1 Å². The summed E-state index contributed by atoms with van der Waals surface area (Å²) < 4.78 is 67.5. The lowest BCUT2D eigenvalue weighted by atomic mass is 10.2. The topological polar surface area (TPSA) is 54.4 Å². The third kappa shape index (κ3) is 6.02. The van der Waals surface area contributed by atoms with E-state index in [1.807, 2.05) is 18.2 Å². The van der Waals surface area contributed by atoms with Crippen LogP contribution in [0.1, 0.15) is 5.56 Å². The summed E-state index contributed by atoms with van der Waals surface area (Å²) in [6.07, 6.45) is -4.80. The molecular weight excluding hydrogens is 420 g/mol. The third-order valence-electron chi connectivity index (χ3n) is 2.20. The molecule has 114 valence electrons. The summed E-state index contributed by atoms with van der Waals surface area (Å²) in [5.41, 5.74) is -1.37. The molecular formula is C13H10F3IO3S. The van der Waals surface area contributed by atoms with Gasteiger partial charge in [-0.1, -0.05) is 30.3 Å². The summed E-state index contributed by atoms with van der Waals surface area (Å²) in [6, 6.07) is 13.6. The van der Waals surface area contributed by atoms with Crippen LogP contribution in [0.2, 0.25) is 0 Å². The Morgan fingerprint density at radius 3 is 1.71 bits per heavy atom. The van der Waals surface area contributed by atoms with Gasteiger partial charge in [0.1, 0.15) is 4.90 Å². The van der Waals surface area contributed by atoms with Gasteiger partial charge in [0.05, 0.1) is 5.56 Å². The summed E-state index contributed by atoms with van der Waals surface area (Å²) in [6.45, 7) is 0. The fourth-order valence-corrected chi connectivity index (χ4v) is 2.47.